The van der Waals surface area contributed by atoms with Crippen LogP contribution in [0.4, 0.5) is 16.1 Å². The first kappa shape index (κ1) is 14.8. The summed E-state index contributed by atoms with van der Waals surface area (Å²) in [6.45, 7) is 4.55. The molecule has 1 N–H and O–H groups in total. The van der Waals surface area contributed by atoms with Crippen LogP contribution in [0.1, 0.15) is 25.7 Å². The molecule has 2 heterocycles. The SMILES string of the molecule is CCCc1nnc(NC[C@@H]2CCN(c3ccccc3F)C2)o1. The van der Waals surface area contributed by atoms with E-state index in [0.29, 0.717) is 23.5 Å². The second kappa shape index (κ2) is 6.77. The molecular weight excluding hydrogens is 283 g/mol. The lowest BCUT2D eigenvalue weighted by Crippen LogP contribution is -2.23. The number of aryl methyl sites for hydroxylation is 1. The summed E-state index contributed by atoms with van der Waals surface area (Å²) in [6.07, 6.45) is 2.82. The number of nitrogens with zero attached hydrogens (tertiary/aromatic N) is 3. The maximum Gasteiger partial charge on any atom is 0.315 e. The van der Waals surface area contributed by atoms with E-state index in [2.05, 4.69) is 27.3 Å². The highest BCUT2D eigenvalue weighted by Gasteiger charge is 2.24. The lowest BCUT2D eigenvalue weighted by molar-refractivity contribution is 0.495. The van der Waals surface area contributed by atoms with Crippen LogP contribution < -0.4 is 10.2 Å². The molecule has 1 aromatic carbocycles. The lowest BCUT2D eigenvalue weighted by atomic mass is 10.1. The Kier molecular flexibility index (Phi) is 4.56. The van der Waals surface area contributed by atoms with Gasteiger partial charge in [0.1, 0.15) is 5.82 Å². The fourth-order valence-electron chi connectivity index (χ4n) is 2.80. The Labute approximate surface area is 129 Å². The predicted molar refractivity (Wildman–Crippen MR) is 83.5 cm³/mol. The summed E-state index contributed by atoms with van der Waals surface area (Å²) in [5, 5.41) is 11.2. The Bertz CT molecular complexity index is 616. The minimum atomic E-state index is -0.155. The van der Waals surface area contributed by atoms with Crippen molar-refractivity contribution in [3.63, 3.8) is 0 Å². The second-order valence-corrected chi connectivity index (χ2v) is 5.68. The van der Waals surface area contributed by atoms with E-state index in [1.807, 2.05) is 12.1 Å². The van der Waals surface area contributed by atoms with Crippen molar-refractivity contribution in [1.29, 1.82) is 0 Å². The molecular formula is C16H21FN4O. The Hall–Kier alpha value is -2.11. The van der Waals surface area contributed by atoms with E-state index in [4.69, 9.17) is 4.42 Å². The number of nitrogens with one attached hydrogen (secondary N) is 1. The van der Waals surface area contributed by atoms with Crippen LogP contribution >= 0.6 is 0 Å². The maximum atomic E-state index is 13.8. The van der Waals surface area contributed by atoms with E-state index in [1.165, 1.54) is 6.07 Å². The third-order valence-corrected chi connectivity index (χ3v) is 3.95. The van der Waals surface area contributed by atoms with E-state index in [9.17, 15) is 4.39 Å². The average molecular weight is 304 g/mol. The third-order valence-electron chi connectivity index (χ3n) is 3.95. The van der Waals surface area contributed by atoms with Crippen LogP contribution in [-0.2, 0) is 6.42 Å². The molecule has 1 atom stereocenters. The van der Waals surface area contributed by atoms with Crippen LogP contribution in [0.15, 0.2) is 28.7 Å². The Morgan fingerprint density at radius 3 is 3.05 bits per heavy atom. The summed E-state index contributed by atoms with van der Waals surface area (Å²) in [6, 6.07) is 7.41. The zero-order valence-corrected chi connectivity index (χ0v) is 12.8. The van der Waals surface area contributed by atoms with Crippen molar-refractivity contribution in [3.05, 3.63) is 36.0 Å². The van der Waals surface area contributed by atoms with E-state index >= 15 is 0 Å². The molecule has 1 saturated heterocycles. The zero-order chi connectivity index (χ0) is 15.4. The quantitative estimate of drug-likeness (QED) is 0.888. The van der Waals surface area contributed by atoms with Crippen molar-refractivity contribution < 1.29 is 8.81 Å². The molecule has 0 saturated carbocycles. The predicted octanol–water partition coefficient (Wildman–Crippen LogP) is 3.10. The number of anilines is 2. The largest absolute Gasteiger partial charge is 0.408 e. The van der Waals surface area contributed by atoms with Gasteiger partial charge in [-0.1, -0.05) is 24.2 Å². The first-order valence-corrected chi connectivity index (χ1v) is 7.82. The molecule has 1 aliphatic heterocycles. The molecule has 0 spiro atoms. The van der Waals surface area contributed by atoms with Gasteiger partial charge in [-0.25, -0.2) is 4.39 Å². The zero-order valence-electron chi connectivity index (χ0n) is 12.8. The third kappa shape index (κ3) is 3.37. The fraction of sp³-hybridized carbons (Fsp3) is 0.500. The fourth-order valence-corrected chi connectivity index (χ4v) is 2.80. The van der Waals surface area contributed by atoms with Crippen LogP contribution in [0.25, 0.3) is 0 Å². The van der Waals surface area contributed by atoms with Gasteiger partial charge >= 0.3 is 6.01 Å². The summed E-state index contributed by atoms with van der Waals surface area (Å²) in [4.78, 5) is 2.10. The minimum Gasteiger partial charge on any atom is -0.408 e. The molecule has 2 aromatic rings. The van der Waals surface area contributed by atoms with Gasteiger partial charge in [-0.15, -0.1) is 5.10 Å². The standard InChI is InChI=1S/C16H21FN4O/c1-2-5-15-19-20-16(22-15)18-10-12-8-9-21(11-12)14-7-4-3-6-13(14)17/h3-4,6-7,12H,2,5,8-11H2,1H3,(H,18,20)/t12-/m0/s1. The number of hydrogen-bond donors (Lipinski definition) is 1. The molecule has 6 heteroatoms. The van der Waals surface area contributed by atoms with E-state index in [-0.39, 0.29) is 5.82 Å². The summed E-state index contributed by atoms with van der Waals surface area (Å²) in [5.74, 6) is 0.961. The molecule has 3 rings (SSSR count). The van der Waals surface area contributed by atoms with E-state index in [0.717, 1.165) is 38.9 Å². The minimum absolute atomic E-state index is 0.155. The van der Waals surface area contributed by atoms with Gasteiger partial charge in [0.2, 0.25) is 5.89 Å². The number of benzene rings is 1. The van der Waals surface area contributed by atoms with Crippen molar-refractivity contribution >= 4 is 11.7 Å². The monoisotopic (exact) mass is 304 g/mol. The number of rotatable bonds is 6. The smallest absolute Gasteiger partial charge is 0.315 e. The Morgan fingerprint density at radius 2 is 2.23 bits per heavy atom. The van der Waals surface area contributed by atoms with Gasteiger partial charge in [-0.2, -0.15) is 0 Å². The van der Waals surface area contributed by atoms with Crippen molar-refractivity contribution in [3.8, 4) is 0 Å². The molecule has 0 radical (unpaired) electrons. The van der Waals surface area contributed by atoms with Crippen molar-refractivity contribution in [2.75, 3.05) is 29.9 Å². The highest BCUT2D eigenvalue weighted by atomic mass is 19.1. The molecule has 1 fully saturated rings. The normalized spacial score (nSPS) is 17.9. The van der Waals surface area contributed by atoms with Crippen molar-refractivity contribution in [2.24, 2.45) is 5.92 Å². The first-order valence-electron chi connectivity index (χ1n) is 7.82. The van der Waals surface area contributed by atoms with Crippen molar-refractivity contribution in [2.45, 2.75) is 26.2 Å². The number of halogens is 1. The van der Waals surface area contributed by atoms with Gasteiger partial charge in [0.05, 0.1) is 5.69 Å². The number of aromatic nitrogens is 2. The maximum absolute atomic E-state index is 13.8. The van der Waals surface area contributed by atoms with Gasteiger partial charge in [0.15, 0.2) is 0 Å². The number of hydrogen-bond acceptors (Lipinski definition) is 5. The highest BCUT2D eigenvalue weighted by Crippen LogP contribution is 2.26. The summed E-state index contributed by atoms with van der Waals surface area (Å²) < 4.78 is 19.3. The molecule has 1 aromatic heterocycles. The van der Waals surface area contributed by atoms with Gasteiger partial charge in [-0.05, 0) is 30.9 Å². The summed E-state index contributed by atoms with van der Waals surface area (Å²) >= 11 is 0. The van der Waals surface area contributed by atoms with Gasteiger partial charge in [0.25, 0.3) is 0 Å². The van der Waals surface area contributed by atoms with Gasteiger partial charge in [-0.3, -0.25) is 0 Å². The molecule has 0 amide bonds. The molecule has 0 bridgehead atoms. The van der Waals surface area contributed by atoms with Crippen LogP contribution in [0.3, 0.4) is 0 Å². The Morgan fingerprint density at radius 1 is 1.36 bits per heavy atom. The van der Waals surface area contributed by atoms with E-state index < -0.39 is 0 Å². The summed E-state index contributed by atoms with van der Waals surface area (Å²) in [7, 11) is 0. The van der Waals surface area contributed by atoms with Crippen molar-refractivity contribution in [1.82, 2.24) is 10.2 Å². The summed E-state index contributed by atoms with van der Waals surface area (Å²) in [5.41, 5.74) is 0.688. The van der Waals surface area contributed by atoms with Gasteiger partial charge < -0.3 is 14.6 Å². The Balaban J connectivity index is 1.51. The van der Waals surface area contributed by atoms with Crippen LogP contribution in [0.5, 0.6) is 0 Å². The van der Waals surface area contributed by atoms with Crippen LogP contribution in [-0.4, -0.2) is 29.8 Å². The van der Waals surface area contributed by atoms with Crippen LogP contribution in [0, 0.1) is 11.7 Å². The van der Waals surface area contributed by atoms with E-state index in [1.54, 1.807) is 6.07 Å². The average Bonchev–Trinajstić information content (AvgIpc) is 3.15. The van der Waals surface area contributed by atoms with Crippen LogP contribution in [0.2, 0.25) is 0 Å². The molecule has 0 aliphatic carbocycles. The molecule has 22 heavy (non-hydrogen) atoms. The highest BCUT2D eigenvalue weighted by molar-refractivity contribution is 5.48. The molecule has 0 unspecified atom stereocenters. The molecule has 5 nitrogen and oxygen atoms in total. The molecule has 1 aliphatic rings. The number of para-hydroxylation sites is 1. The lowest BCUT2D eigenvalue weighted by Gasteiger charge is -2.19. The van der Waals surface area contributed by atoms with Gasteiger partial charge in [0, 0.05) is 26.1 Å². The first-order chi connectivity index (χ1) is 10.8. The second-order valence-electron chi connectivity index (χ2n) is 5.68. The molecule has 118 valence electrons. The topological polar surface area (TPSA) is 54.2 Å².